The topological polar surface area (TPSA) is 79.4 Å². The summed E-state index contributed by atoms with van der Waals surface area (Å²) in [5.74, 6) is -2.21. The number of carbonyl (C=O) groups excluding carboxylic acids is 1. The average molecular weight is 430 g/mol. The molecule has 0 unspecified atom stereocenters. The number of amides is 1. The summed E-state index contributed by atoms with van der Waals surface area (Å²) in [6.45, 7) is 2.43. The second-order valence-electron chi connectivity index (χ2n) is 6.82. The van der Waals surface area contributed by atoms with E-state index in [2.05, 4.69) is 10.3 Å². The molecular formula is C18H21F2N3O3S2. The van der Waals surface area contributed by atoms with E-state index in [1.165, 1.54) is 22.6 Å². The Morgan fingerprint density at radius 3 is 2.71 bits per heavy atom. The minimum atomic E-state index is -3.71. The number of thiazole rings is 1. The van der Waals surface area contributed by atoms with Crippen molar-refractivity contribution in [2.75, 3.05) is 13.1 Å². The molecule has 1 aromatic carbocycles. The second-order valence-corrected chi connectivity index (χ2v) is 9.68. The number of carbonyl (C=O) groups is 1. The largest absolute Gasteiger partial charge is 0.351 e. The van der Waals surface area contributed by atoms with E-state index in [0.29, 0.717) is 25.6 Å². The van der Waals surface area contributed by atoms with Crippen molar-refractivity contribution in [2.24, 2.45) is 0 Å². The van der Waals surface area contributed by atoms with Crippen LogP contribution in [0.1, 0.15) is 41.9 Å². The number of halogens is 2. The first-order chi connectivity index (χ1) is 13.2. The van der Waals surface area contributed by atoms with Crippen molar-refractivity contribution < 1.29 is 22.0 Å². The van der Waals surface area contributed by atoms with Gasteiger partial charge in [0.1, 0.15) is 11.6 Å². The highest BCUT2D eigenvalue weighted by molar-refractivity contribution is 7.88. The number of aromatic nitrogens is 1. The van der Waals surface area contributed by atoms with Gasteiger partial charge in [-0.05, 0) is 30.5 Å². The Morgan fingerprint density at radius 1 is 1.32 bits per heavy atom. The smallest absolute Gasteiger partial charge is 0.218 e. The van der Waals surface area contributed by atoms with Crippen LogP contribution in [0.2, 0.25) is 0 Å². The Labute approximate surface area is 166 Å². The van der Waals surface area contributed by atoms with E-state index in [4.69, 9.17) is 0 Å². The van der Waals surface area contributed by atoms with Crippen LogP contribution in [0.5, 0.6) is 0 Å². The molecule has 0 radical (unpaired) electrons. The molecule has 1 aliphatic rings. The highest BCUT2D eigenvalue weighted by Gasteiger charge is 2.31. The maximum absolute atomic E-state index is 13.4. The highest BCUT2D eigenvalue weighted by Crippen LogP contribution is 2.31. The second kappa shape index (κ2) is 8.62. The molecule has 1 aromatic heterocycles. The normalized spacial score (nSPS) is 18.2. The van der Waals surface area contributed by atoms with E-state index < -0.39 is 27.4 Å². The Bertz CT molecular complexity index is 942. The zero-order valence-electron chi connectivity index (χ0n) is 15.3. The van der Waals surface area contributed by atoms with Gasteiger partial charge in [-0.1, -0.05) is 0 Å². The van der Waals surface area contributed by atoms with Crippen LogP contribution >= 0.6 is 11.3 Å². The Balaban J connectivity index is 1.69. The first-order valence-electron chi connectivity index (χ1n) is 8.84. The van der Waals surface area contributed by atoms with Crippen molar-refractivity contribution in [2.45, 2.75) is 38.0 Å². The first kappa shape index (κ1) is 20.8. The number of piperidine rings is 1. The third-order valence-corrected chi connectivity index (χ3v) is 7.36. The molecule has 2 heterocycles. The molecule has 1 saturated heterocycles. The lowest BCUT2D eigenvalue weighted by atomic mass is 10.0. The van der Waals surface area contributed by atoms with Gasteiger partial charge in [0.2, 0.25) is 15.9 Å². The first-order valence-corrected chi connectivity index (χ1v) is 11.3. The fourth-order valence-electron chi connectivity index (χ4n) is 3.20. The summed E-state index contributed by atoms with van der Waals surface area (Å²) in [4.78, 5) is 15.5. The Morgan fingerprint density at radius 2 is 2.04 bits per heavy atom. The molecule has 1 amide bonds. The molecule has 1 atom stereocenters. The van der Waals surface area contributed by atoms with Crippen LogP contribution in [0.25, 0.3) is 0 Å². The number of rotatable bonds is 6. The standard InChI is InChI=1S/C18H21F2N3O3S2/c1-12(24)21-8-17-10-27-18(22-17)14-3-2-4-23(9-14)28(25,26)11-13-5-15(19)7-16(20)6-13/h5-7,10,14H,2-4,8-9,11H2,1H3,(H,21,24)/t14-/m1/s1. The van der Waals surface area contributed by atoms with Crippen LogP contribution < -0.4 is 5.32 Å². The molecule has 10 heteroatoms. The molecule has 3 rings (SSSR count). The van der Waals surface area contributed by atoms with Gasteiger partial charge in [0.05, 0.1) is 23.0 Å². The molecule has 6 nitrogen and oxygen atoms in total. The van der Waals surface area contributed by atoms with Crippen molar-refractivity contribution in [1.82, 2.24) is 14.6 Å². The van der Waals surface area contributed by atoms with Gasteiger partial charge in [-0.3, -0.25) is 4.79 Å². The van der Waals surface area contributed by atoms with E-state index in [1.54, 1.807) is 0 Å². The maximum atomic E-state index is 13.4. The number of hydrogen-bond acceptors (Lipinski definition) is 5. The zero-order valence-corrected chi connectivity index (χ0v) is 17.0. The molecule has 1 N–H and O–H groups in total. The number of hydrogen-bond donors (Lipinski definition) is 1. The minimum Gasteiger partial charge on any atom is -0.351 e. The molecule has 1 fully saturated rings. The number of sulfonamides is 1. The Hall–Kier alpha value is -1.91. The van der Waals surface area contributed by atoms with Gasteiger partial charge in [-0.25, -0.2) is 26.5 Å². The molecule has 0 saturated carbocycles. The van der Waals surface area contributed by atoms with Crippen molar-refractivity contribution in [1.29, 1.82) is 0 Å². The molecule has 152 valence electrons. The number of nitrogens with zero attached hydrogens (tertiary/aromatic N) is 2. The van der Waals surface area contributed by atoms with Gasteiger partial charge < -0.3 is 5.32 Å². The molecule has 0 bridgehead atoms. The summed E-state index contributed by atoms with van der Waals surface area (Å²) in [7, 11) is -3.71. The van der Waals surface area contributed by atoms with Gasteiger partial charge in [0, 0.05) is 37.4 Å². The monoisotopic (exact) mass is 429 g/mol. The molecule has 28 heavy (non-hydrogen) atoms. The summed E-state index contributed by atoms with van der Waals surface area (Å²) in [5, 5.41) is 5.37. The van der Waals surface area contributed by atoms with E-state index >= 15 is 0 Å². The van der Waals surface area contributed by atoms with Gasteiger partial charge in [-0.15, -0.1) is 11.3 Å². The van der Waals surface area contributed by atoms with Crippen LogP contribution in [0.15, 0.2) is 23.6 Å². The van der Waals surface area contributed by atoms with Crippen molar-refractivity contribution in [3.8, 4) is 0 Å². The molecule has 2 aromatic rings. The van der Waals surface area contributed by atoms with Crippen molar-refractivity contribution >= 4 is 27.3 Å². The van der Waals surface area contributed by atoms with Crippen LogP contribution in [-0.2, 0) is 27.1 Å². The van der Waals surface area contributed by atoms with Gasteiger partial charge in [-0.2, -0.15) is 0 Å². The van der Waals surface area contributed by atoms with Crippen LogP contribution in [0, 0.1) is 11.6 Å². The third-order valence-electron chi connectivity index (χ3n) is 4.49. The van der Waals surface area contributed by atoms with E-state index in [-0.39, 0.29) is 23.9 Å². The quantitative estimate of drug-likeness (QED) is 0.766. The van der Waals surface area contributed by atoms with Crippen LogP contribution in [0.3, 0.4) is 0 Å². The summed E-state index contributed by atoms with van der Waals surface area (Å²) >= 11 is 1.45. The van der Waals surface area contributed by atoms with E-state index in [1.807, 2.05) is 5.38 Å². The van der Waals surface area contributed by atoms with Gasteiger partial charge >= 0.3 is 0 Å². The van der Waals surface area contributed by atoms with Gasteiger partial charge in [0.15, 0.2) is 0 Å². The van der Waals surface area contributed by atoms with Crippen LogP contribution in [-0.4, -0.2) is 36.7 Å². The lowest BCUT2D eigenvalue weighted by Crippen LogP contribution is -2.39. The molecule has 0 aliphatic carbocycles. The predicted octanol–water partition coefficient (Wildman–Crippen LogP) is 2.77. The van der Waals surface area contributed by atoms with Crippen molar-refractivity contribution in [3.05, 3.63) is 51.5 Å². The fraction of sp³-hybridized carbons (Fsp3) is 0.444. The number of benzene rings is 1. The SMILES string of the molecule is CC(=O)NCc1csc([C@@H]2CCCN(S(=O)(=O)Cc3cc(F)cc(F)c3)C2)n1. The van der Waals surface area contributed by atoms with Gasteiger partial charge in [0.25, 0.3) is 0 Å². The lowest BCUT2D eigenvalue weighted by molar-refractivity contribution is -0.119. The minimum absolute atomic E-state index is 0.0381. The van der Waals surface area contributed by atoms with Crippen LogP contribution in [0.4, 0.5) is 8.78 Å². The lowest BCUT2D eigenvalue weighted by Gasteiger charge is -2.31. The zero-order chi connectivity index (χ0) is 20.3. The highest BCUT2D eigenvalue weighted by atomic mass is 32.2. The third kappa shape index (κ3) is 5.33. The molecular weight excluding hydrogens is 408 g/mol. The predicted molar refractivity (Wildman–Crippen MR) is 102 cm³/mol. The fourth-order valence-corrected chi connectivity index (χ4v) is 5.73. The summed E-state index contributed by atoms with van der Waals surface area (Å²) in [5.41, 5.74) is 0.830. The van der Waals surface area contributed by atoms with E-state index in [9.17, 15) is 22.0 Å². The number of nitrogens with one attached hydrogen (secondary N) is 1. The Kier molecular flexibility index (Phi) is 6.41. The average Bonchev–Trinajstić information content (AvgIpc) is 3.08. The van der Waals surface area contributed by atoms with E-state index in [0.717, 1.165) is 29.3 Å². The summed E-state index contributed by atoms with van der Waals surface area (Å²) < 4.78 is 53.6. The summed E-state index contributed by atoms with van der Waals surface area (Å²) in [6, 6.07) is 2.79. The maximum Gasteiger partial charge on any atom is 0.218 e. The summed E-state index contributed by atoms with van der Waals surface area (Å²) in [6.07, 6.45) is 1.50. The molecule has 0 spiro atoms. The molecule has 1 aliphatic heterocycles. The van der Waals surface area contributed by atoms with Crippen molar-refractivity contribution in [3.63, 3.8) is 0 Å².